The first kappa shape index (κ1) is 12.6. The van der Waals surface area contributed by atoms with Gasteiger partial charge in [0.2, 0.25) is 0 Å². The molecule has 2 atom stereocenters. The van der Waals surface area contributed by atoms with Crippen LogP contribution in [0.4, 0.5) is 0 Å². The summed E-state index contributed by atoms with van der Waals surface area (Å²) in [6.07, 6.45) is 3.83. The van der Waals surface area contributed by atoms with Gasteiger partial charge in [0.25, 0.3) is 0 Å². The summed E-state index contributed by atoms with van der Waals surface area (Å²) in [5.41, 5.74) is 2.83. The van der Waals surface area contributed by atoms with Crippen molar-refractivity contribution in [3.8, 4) is 0 Å². The maximum atomic E-state index is 6.03. The van der Waals surface area contributed by atoms with E-state index in [1.807, 2.05) is 7.05 Å². The molecule has 0 bridgehead atoms. The fourth-order valence-electron chi connectivity index (χ4n) is 2.79. The van der Waals surface area contributed by atoms with E-state index in [0.717, 1.165) is 19.6 Å². The summed E-state index contributed by atoms with van der Waals surface area (Å²) in [4.78, 5) is 0. The molecule has 1 saturated heterocycles. The maximum Gasteiger partial charge on any atom is 0.0867 e. The van der Waals surface area contributed by atoms with E-state index in [4.69, 9.17) is 4.74 Å². The second kappa shape index (κ2) is 6.18. The molecule has 1 heterocycles. The number of ether oxygens (including phenoxy) is 1. The van der Waals surface area contributed by atoms with Crippen molar-refractivity contribution in [2.45, 2.75) is 32.3 Å². The van der Waals surface area contributed by atoms with E-state index in [1.165, 1.54) is 24.0 Å². The molecular formula is C15H23NO. The third-order valence-corrected chi connectivity index (χ3v) is 3.65. The van der Waals surface area contributed by atoms with E-state index >= 15 is 0 Å². The van der Waals surface area contributed by atoms with Crippen LogP contribution in [0.1, 0.15) is 37.0 Å². The highest BCUT2D eigenvalue weighted by atomic mass is 16.5. The monoisotopic (exact) mass is 233 g/mol. The van der Waals surface area contributed by atoms with Gasteiger partial charge in [-0.05, 0) is 37.4 Å². The molecule has 1 aromatic rings. The van der Waals surface area contributed by atoms with Crippen molar-refractivity contribution in [2.24, 2.45) is 5.92 Å². The van der Waals surface area contributed by atoms with E-state index in [0.29, 0.717) is 5.92 Å². The van der Waals surface area contributed by atoms with Gasteiger partial charge in [-0.2, -0.15) is 0 Å². The van der Waals surface area contributed by atoms with Gasteiger partial charge in [-0.15, -0.1) is 0 Å². The van der Waals surface area contributed by atoms with Crippen molar-refractivity contribution in [1.29, 1.82) is 0 Å². The lowest BCUT2D eigenvalue weighted by Gasteiger charge is -2.33. The summed E-state index contributed by atoms with van der Waals surface area (Å²) in [5, 5.41) is 3.29. The lowest BCUT2D eigenvalue weighted by Crippen LogP contribution is -2.30. The molecule has 2 nitrogen and oxygen atoms in total. The van der Waals surface area contributed by atoms with Crippen LogP contribution in [0.3, 0.4) is 0 Å². The van der Waals surface area contributed by atoms with Crippen LogP contribution in [-0.4, -0.2) is 20.2 Å². The SMILES string of the molecule is CCc1ccccc1C1OCCCC1CNC. The van der Waals surface area contributed by atoms with Gasteiger partial charge in [0.05, 0.1) is 6.10 Å². The molecule has 94 valence electrons. The van der Waals surface area contributed by atoms with Crippen LogP contribution < -0.4 is 5.32 Å². The van der Waals surface area contributed by atoms with Crippen molar-refractivity contribution in [2.75, 3.05) is 20.2 Å². The molecule has 2 heteroatoms. The van der Waals surface area contributed by atoms with E-state index in [2.05, 4.69) is 36.5 Å². The zero-order chi connectivity index (χ0) is 12.1. The molecule has 0 aliphatic carbocycles. The Labute approximate surface area is 104 Å². The molecule has 1 aliphatic heterocycles. The average molecular weight is 233 g/mol. The molecule has 1 fully saturated rings. The van der Waals surface area contributed by atoms with E-state index in [1.54, 1.807) is 0 Å². The van der Waals surface area contributed by atoms with Crippen molar-refractivity contribution >= 4 is 0 Å². The zero-order valence-electron chi connectivity index (χ0n) is 10.9. The Morgan fingerprint density at radius 3 is 2.94 bits per heavy atom. The molecule has 0 saturated carbocycles. The number of aryl methyl sites for hydroxylation is 1. The maximum absolute atomic E-state index is 6.03. The second-order valence-electron chi connectivity index (χ2n) is 4.80. The zero-order valence-corrected chi connectivity index (χ0v) is 10.9. The minimum absolute atomic E-state index is 0.285. The molecule has 0 spiro atoms. The number of rotatable bonds is 4. The van der Waals surface area contributed by atoms with Crippen molar-refractivity contribution < 1.29 is 4.74 Å². The first-order valence-electron chi connectivity index (χ1n) is 6.70. The standard InChI is InChI=1S/C15H23NO/c1-3-12-7-4-5-9-14(12)15-13(11-16-2)8-6-10-17-15/h4-5,7,9,13,15-16H,3,6,8,10-11H2,1-2H3. The van der Waals surface area contributed by atoms with Crippen molar-refractivity contribution in [3.05, 3.63) is 35.4 Å². The largest absolute Gasteiger partial charge is 0.373 e. The Kier molecular flexibility index (Phi) is 4.57. The molecule has 1 N–H and O–H groups in total. The van der Waals surface area contributed by atoms with Gasteiger partial charge in [-0.1, -0.05) is 31.2 Å². The molecule has 2 unspecified atom stereocenters. The first-order chi connectivity index (χ1) is 8.36. The Bertz CT molecular complexity index is 349. The number of hydrogen-bond acceptors (Lipinski definition) is 2. The third-order valence-electron chi connectivity index (χ3n) is 3.65. The van der Waals surface area contributed by atoms with Crippen LogP contribution in [0.25, 0.3) is 0 Å². The van der Waals surface area contributed by atoms with Gasteiger partial charge in [-0.25, -0.2) is 0 Å². The van der Waals surface area contributed by atoms with Gasteiger partial charge < -0.3 is 10.1 Å². The predicted octanol–water partition coefficient (Wildman–Crippen LogP) is 2.94. The van der Waals surface area contributed by atoms with E-state index in [-0.39, 0.29) is 6.10 Å². The Balaban J connectivity index is 2.22. The fourth-order valence-corrected chi connectivity index (χ4v) is 2.79. The fraction of sp³-hybridized carbons (Fsp3) is 0.600. The van der Waals surface area contributed by atoms with Gasteiger partial charge in [0, 0.05) is 19.1 Å². The highest BCUT2D eigenvalue weighted by molar-refractivity contribution is 5.30. The molecule has 2 rings (SSSR count). The Morgan fingerprint density at radius 2 is 2.18 bits per heavy atom. The highest BCUT2D eigenvalue weighted by Gasteiger charge is 2.27. The van der Waals surface area contributed by atoms with E-state index < -0.39 is 0 Å². The van der Waals surface area contributed by atoms with Crippen molar-refractivity contribution in [3.63, 3.8) is 0 Å². The minimum Gasteiger partial charge on any atom is -0.373 e. The van der Waals surface area contributed by atoms with Crippen LogP contribution in [0.2, 0.25) is 0 Å². The summed E-state index contributed by atoms with van der Waals surface area (Å²) >= 11 is 0. The summed E-state index contributed by atoms with van der Waals surface area (Å²) in [6, 6.07) is 8.71. The van der Waals surface area contributed by atoms with E-state index in [9.17, 15) is 0 Å². The van der Waals surface area contributed by atoms with Gasteiger partial charge in [0.1, 0.15) is 0 Å². The van der Waals surface area contributed by atoms with Crippen LogP contribution >= 0.6 is 0 Å². The summed E-state index contributed by atoms with van der Waals surface area (Å²) in [5.74, 6) is 0.612. The van der Waals surface area contributed by atoms with Crippen molar-refractivity contribution in [1.82, 2.24) is 5.32 Å². The summed E-state index contributed by atoms with van der Waals surface area (Å²) in [7, 11) is 2.03. The number of benzene rings is 1. The number of hydrogen-bond donors (Lipinski definition) is 1. The quantitative estimate of drug-likeness (QED) is 0.863. The first-order valence-corrected chi connectivity index (χ1v) is 6.70. The smallest absolute Gasteiger partial charge is 0.0867 e. The molecular weight excluding hydrogens is 210 g/mol. The third kappa shape index (κ3) is 2.88. The summed E-state index contributed by atoms with van der Waals surface area (Å²) < 4.78 is 6.03. The predicted molar refractivity (Wildman–Crippen MR) is 71.2 cm³/mol. The second-order valence-corrected chi connectivity index (χ2v) is 4.80. The molecule has 17 heavy (non-hydrogen) atoms. The van der Waals surface area contributed by atoms with Gasteiger partial charge >= 0.3 is 0 Å². The average Bonchev–Trinajstić information content (AvgIpc) is 2.40. The van der Waals surface area contributed by atoms with Crippen LogP contribution in [0, 0.1) is 5.92 Å². The Morgan fingerprint density at radius 1 is 1.35 bits per heavy atom. The minimum atomic E-state index is 0.285. The van der Waals surface area contributed by atoms with Gasteiger partial charge in [-0.3, -0.25) is 0 Å². The Hall–Kier alpha value is -0.860. The molecule has 0 radical (unpaired) electrons. The normalized spacial score (nSPS) is 24.8. The molecule has 0 aromatic heterocycles. The summed E-state index contributed by atoms with van der Waals surface area (Å²) in [6.45, 7) is 4.17. The van der Waals surface area contributed by atoms with Gasteiger partial charge in [0.15, 0.2) is 0 Å². The topological polar surface area (TPSA) is 21.3 Å². The lowest BCUT2D eigenvalue weighted by molar-refractivity contribution is -0.0277. The van der Waals surface area contributed by atoms with Crippen LogP contribution in [-0.2, 0) is 11.2 Å². The van der Waals surface area contributed by atoms with Crippen LogP contribution in [0.15, 0.2) is 24.3 Å². The lowest BCUT2D eigenvalue weighted by atomic mass is 9.87. The molecule has 0 amide bonds. The molecule has 1 aliphatic rings. The highest BCUT2D eigenvalue weighted by Crippen LogP contribution is 2.35. The van der Waals surface area contributed by atoms with Crippen LogP contribution in [0.5, 0.6) is 0 Å². The molecule has 1 aromatic carbocycles. The number of nitrogens with one attached hydrogen (secondary N) is 1.